The van der Waals surface area contributed by atoms with Crippen molar-refractivity contribution >= 4 is 39.2 Å². The largest absolute Gasteiger partial charge is 0.325 e. The van der Waals surface area contributed by atoms with E-state index in [0.29, 0.717) is 16.3 Å². The number of nitrogens with zero attached hydrogens (tertiary/aromatic N) is 3. The zero-order valence-electron chi connectivity index (χ0n) is 18.3. The van der Waals surface area contributed by atoms with Gasteiger partial charge in [0.1, 0.15) is 16.9 Å². The number of hydrogen-bond acceptors (Lipinski definition) is 7. The van der Waals surface area contributed by atoms with Crippen LogP contribution in [-0.4, -0.2) is 30.0 Å². The predicted octanol–water partition coefficient (Wildman–Crippen LogP) is 4.15. The zero-order valence-corrected chi connectivity index (χ0v) is 20.0. The number of benzene rings is 1. The fourth-order valence-corrected chi connectivity index (χ4v) is 5.43. The van der Waals surface area contributed by atoms with Crippen molar-refractivity contribution in [1.82, 2.24) is 9.97 Å². The molecule has 0 saturated heterocycles. The zero-order chi connectivity index (χ0) is 24.0. The highest BCUT2D eigenvalue weighted by molar-refractivity contribution is 8.00. The molecular formula is C24H23N5O3S2. The molecule has 2 N–H and O–H groups in total. The van der Waals surface area contributed by atoms with Gasteiger partial charge in [-0.25, -0.2) is 18.4 Å². The number of nitriles is 1. The summed E-state index contributed by atoms with van der Waals surface area (Å²) in [5.41, 5.74) is 3.12. The number of pyridine rings is 2. The van der Waals surface area contributed by atoms with E-state index in [1.54, 1.807) is 18.2 Å². The summed E-state index contributed by atoms with van der Waals surface area (Å²) in [6.07, 6.45) is 6.67. The standard InChI is InChI=1S/C24H23N5O3S2/c25-15-18-14-17-6-2-1-3-7-21(17)28-24(18)33-16-23(30)27-19-9-11-20(12-10-19)34(31,32)29-22-8-4-5-13-26-22/h4-5,8-14H,1-3,6-7,16H2,(H,26,29)(H,27,30). The molecule has 1 amide bonds. The minimum Gasteiger partial charge on any atom is -0.325 e. The van der Waals surface area contributed by atoms with Crippen LogP contribution in [0.1, 0.15) is 36.1 Å². The topological polar surface area (TPSA) is 125 Å². The Balaban J connectivity index is 1.37. The van der Waals surface area contributed by atoms with Crippen LogP contribution in [0.3, 0.4) is 0 Å². The van der Waals surface area contributed by atoms with Gasteiger partial charge < -0.3 is 5.32 Å². The fourth-order valence-electron chi connectivity index (χ4n) is 3.65. The van der Waals surface area contributed by atoms with Crippen LogP contribution in [-0.2, 0) is 27.7 Å². The normalized spacial score (nSPS) is 13.3. The third-order valence-corrected chi connectivity index (χ3v) is 7.69. The fraction of sp³-hybridized carbons (Fsp3) is 0.250. The summed E-state index contributed by atoms with van der Waals surface area (Å²) in [5, 5.41) is 12.8. The summed E-state index contributed by atoms with van der Waals surface area (Å²) in [5.74, 6) is 0.0368. The number of rotatable bonds is 7. The average molecular weight is 494 g/mol. The Morgan fingerprint density at radius 3 is 2.62 bits per heavy atom. The van der Waals surface area contributed by atoms with Crippen LogP contribution in [0.15, 0.2) is 64.6 Å². The van der Waals surface area contributed by atoms with Gasteiger partial charge in [-0.1, -0.05) is 24.2 Å². The highest BCUT2D eigenvalue weighted by Crippen LogP contribution is 2.27. The number of sulfonamides is 1. The number of thioether (sulfide) groups is 1. The van der Waals surface area contributed by atoms with Crippen LogP contribution in [0.5, 0.6) is 0 Å². The Labute approximate surface area is 202 Å². The number of carbonyl (C=O) groups is 1. The highest BCUT2D eigenvalue weighted by atomic mass is 32.2. The number of carbonyl (C=O) groups excluding carboxylic acids is 1. The molecule has 4 rings (SSSR count). The molecule has 2 aromatic heterocycles. The molecule has 10 heteroatoms. The van der Waals surface area contributed by atoms with Crippen LogP contribution in [0.4, 0.5) is 11.5 Å². The van der Waals surface area contributed by atoms with Gasteiger partial charge in [0.15, 0.2) is 0 Å². The molecule has 2 heterocycles. The van der Waals surface area contributed by atoms with Crippen molar-refractivity contribution in [1.29, 1.82) is 5.26 Å². The third-order valence-electron chi connectivity index (χ3n) is 5.33. The van der Waals surface area contributed by atoms with Gasteiger partial charge in [-0.3, -0.25) is 9.52 Å². The number of amides is 1. The first-order valence-electron chi connectivity index (χ1n) is 10.8. The van der Waals surface area contributed by atoms with E-state index in [2.05, 4.69) is 26.1 Å². The lowest BCUT2D eigenvalue weighted by atomic mass is 10.1. The van der Waals surface area contributed by atoms with Gasteiger partial charge in [0.2, 0.25) is 5.91 Å². The second kappa shape index (κ2) is 10.7. The molecule has 3 aromatic rings. The van der Waals surface area contributed by atoms with Crippen LogP contribution in [0.2, 0.25) is 0 Å². The lowest BCUT2D eigenvalue weighted by molar-refractivity contribution is -0.113. The lowest BCUT2D eigenvalue weighted by Gasteiger charge is -2.11. The number of nitrogens with one attached hydrogen (secondary N) is 2. The van der Waals surface area contributed by atoms with Crippen molar-refractivity contribution in [2.24, 2.45) is 0 Å². The van der Waals surface area contributed by atoms with Crippen molar-refractivity contribution in [3.63, 3.8) is 0 Å². The van der Waals surface area contributed by atoms with E-state index in [1.165, 1.54) is 42.2 Å². The summed E-state index contributed by atoms with van der Waals surface area (Å²) >= 11 is 1.23. The minimum atomic E-state index is -3.79. The predicted molar refractivity (Wildman–Crippen MR) is 131 cm³/mol. The van der Waals surface area contributed by atoms with Crippen LogP contribution < -0.4 is 10.0 Å². The maximum absolute atomic E-state index is 12.5. The van der Waals surface area contributed by atoms with Crippen LogP contribution >= 0.6 is 11.8 Å². The number of aromatic nitrogens is 2. The van der Waals surface area contributed by atoms with E-state index in [9.17, 15) is 18.5 Å². The summed E-state index contributed by atoms with van der Waals surface area (Å²) in [4.78, 5) is 21.2. The van der Waals surface area contributed by atoms with E-state index in [0.717, 1.165) is 43.4 Å². The Morgan fingerprint density at radius 2 is 1.88 bits per heavy atom. The molecule has 0 radical (unpaired) electrons. The molecule has 174 valence electrons. The van der Waals surface area contributed by atoms with Gasteiger partial charge in [-0.15, -0.1) is 0 Å². The first-order valence-corrected chi connectivity index (χ1v) is 13.3. The molecule has 1 aliphatic carbocycles. The summed E-state index contributed by atoms with van der Waals surface area (Å²) in [7, 11) is -3.79. The van der Waals surface area contributed by atoms with Crippen molar-refractivity contribution in [3.8, 4) is 6.07 Å². The number of hydrogen-bond donors (Lipinski definition) is 2. The van der Waals surface area contributed by atoms with Gasteiger partial charge in [-0.2, -0.15) is 5.26 Å². The molecule has 8 nitrogen and oxygen atoms in total. The minimum absolute atomic E-state index is 0.0540. The van der Waals surface area contributed by atoms with Crippen molar-refractivity contribution in [3.05, 3.63) is 71.5 Å². The Bertz CT molecular complexity index is 1320. The maximum Gasteiger partial charge on any atom is 0.263 e. The molecule has 0 bridgehead atoms. The van der Waals surface area contributed by atoms with E-state index >= 15 is 0 Å². The van der Waals surface area contributed by atoms with Crippen molar-refractivity contribution in [2.75, 3.05) is 15.8 Å². The smallest absolute Gasteiger partial charge is 0.263 e. The Hall–Kier alpha value is -3.42. The highest BCUT2D eigenvalue weighted by Gasteiger charge is 2.17. The number of fused-ring (bicyclic) bond motifs is 1. The van der Waals surface area contributed by atoms with E-state index in [1.807, 2.05) is 6.07 Å². The van der Waals surface area contributed by atoms with E-state index in [4.69, 9.17) is 0 Å². The van der Waals surface area contributed by atoms with Crippen molar-refractivity contribution in [2.45, 2.75) is 42.0 Å². The molecular weight excluding hydrogens is 470 g/mol. The molecule has 0 aliphatic heterocycles. The van der Waals surface area contributed by atoms with E-state index < -0.39 is 10.0 Å². The quantitative estimate of drug-likeness (QED) is 0.374. The molecule has 1 aromatic carbocycles. The van der Waals surface area contributed by atoms with Crippen molar-refractivity contribution < 1.29 is 13.2 Å². The Morgan fingerprint density at radius 1 is 1.09 bits per heavy atom. The van der Waals surface area contributed by atoms with Gasteiger partial charge in [-0.05, 0) is 73.7 Å². The monoisotopic (exact) mass is 493 g/mol. The first-order chi connectivity index (χ1) is 16.4. The molecule has 1 aliphatic rings. The second-order valence-corrected chi connectivity index (χ2v) is 10.4. The summed E-state index contributed by atoms with van der Waals surface area (Å²) < 4.78 is 27.4. The van der Waals surface area contributed by atoms with E-state index in [-0.39, 0.29) is 22.4 Å². The van der Waals surface area contributed by atoms with Crippen LogP contribution in [0.25, 0.3) is 0 Å². The second-order valence-electron chi connectivity index (χ2n) is 7.80. The van der Waals surface area contributed by atoms with Gasteiger partial charge >= 0.3 is 0 Å². The van der Waals surface area contributed by atoms with Gasteiger partial charge in [0, 0.05) is 17.6 Å². The molecule has 0 spiro atoms. The first kappa shape index (κ1) is 23.7. The number of anilines is 2. The lowest BCUT2D eigenvalue weighted by Crippen LogP contribution is -2.16. The summed E-state index contributed by atoms with van der Waals surface area (Å²) in [6, 6.07) is 14.9. The summed E-state index contributed by atoms with van der Waals surface area (Å²) in [6.45, 7) is 0. The molecule has 0 fully saturated rings. The number of aryl methyl sites for hydroxylation is 2. The Kier molecular flexibility index (Phi) is 7.45. The molecule has 0 saturated carbocycles. The molecule has 0 unspecified atom stereocenters. The van der Waals surface area contributed by atoms with Crippen LogP contribution in [0, 0.1) is 11.3 Å². The maximum atomic E-state index is 12.5. The van der Waals surface area contributed by atoms with Gasteiger partial charge in [0.25, 0.3) is 10.0 Å². The van der Waals surface area contributed by atoms with Gasteiger partial charge in [0.05, 0.1) is 16.2 Å². The molecule has 0 atom stereocenters. The molecule has 34 heavy (non-hydrogen) atoms. The average Bonchev–Trinajstić information content (AvgIpc) is 3.07. The third kappa shape index (κ3) is 5.92. The SMILES string of the molecule is N#Cc1cc2c(nc1SCC(=O)Nc1ccc(S(=O)(=O)Nc3ccccn3)cc1)CCCCC2.